The highest BCUT2D eigenvalue weighted by Crippen LogP contribution is 2.05. The van der Waals surface area contributed by atoms with Crippen molar-refractivity contribution in [2.24, 2.45) is 17.6 Å². The zero-order valence-corrected chi connectivity index (χ0v) is 10.6. The highest BCUT2D eigenvalue weighted by Gasteiger charge is 2.19. The summed E-state index contributed by atoms with van der Waals surface area (Å²) < 4.78 is 0. The van der Waals surface area contributed by atoms with Gasteiger partial charge < -0.3 is 11.1 Å². The van der Waals surface area contributed by atoms with Crippen molar-refractivity contribution < 1.29 is 9.59 Å². The first-order valence-electron chi connectivity index (χ1n) is 5.80. The minimum atomic E-state index is -0.539. The Balaban J connectivity index is 4.13. The van der Waals surface area contributed by atoms with E-state index in [0.29, 0.717) is 24.7 Å². The molecular formula is C12H23N2O2. The van der Waals surface area contributed by atoms with Crippen LogP contribution in [0.15, 0.2) is 0 Å². The van der Waals surface area contributed by atoms with Crippen molar-refractivity contribution in [2.75, 3.05) is 0 Å². The van der Waals surface area contributed by atoms with E-state index in [-0.39, 0.29) is 5.91 Å². The minimum Gasteiger partial charge on any atom is -0.344 e. The number of amides is 1. The summed E-state index contributed by atoms with van der Waals surface area (Å²) in [6.07, 6.45) is 3.06. The molecule has 93 valence electrons. The standard InChI is InChI=1S/C12H23N2O2/c1-8(2)5-10(7-15)14-12(16)11(13)6-9(3)4/h8-11H,5-6,13H2,1-4H3,(H,14,16)/t10-,11?/m0/s1. The topological polar surface area (TPSA) is 72.2 Å². The average Bonchev–Trinajstić information content (AvgIpc) is 2.14. The highest BCUT2D eigenvalue weighted by atomic mass is 16.2. The molecule has 2 atom stereocenters. The molecule has 16 heavy (non-hydrogen) atoms. The van der Waals surface area contributed by atoms with Crippen molar-refractivity contribution in [1.82, 2.24) is 5.32 Å². The second-order valence-electron chi connectivity index (χ2n) is 5.04. The number of hydrogen-bond acceptors (Lipinski definition) is 3. The van der Waals surface area contributed by atoms with E-state index in [4.69, 9.17) is 5.73 Å². The Morgan fingerprint density at radius 2 is 1.69 bits per heavy atom. The molecule has 0 aliphatic rings. The van der Waals surface area contributed by atoms with Crippen LogP contribution in [0.4, 0.5) is 0 Å². The molecule has 0 rings (SSSR count). The van der Waals surface area contributed by atoms with Crippen LogP contribution in [0.3, 0.4) is 0 Å². The van der Waals surface area contributed by atoms with Gasteiger partial charge in [0.15, 0.2) is 0 Å². The molecule has 0 aromatic heterocycles. The van der Waals surface area contributed by atoms with Gasteiger partial charge in [-0.3, -0.25) is 9.59 Å². The van der Waals surface area contributed by atoms with Crippen LogP contribution in [0.25, 0.3) is 0 Å². The maximum Gasteiger partial charge on any atom is 0.237 e. The van der Waals surface area contributed by atoms with Crippen LogP contribution in [0.1, 0.15) is 40.5 Å². The van der Waals surface area contributed by atoms with Crippen LogP contribution < -0.4 is 11.1 Å². The molecule has 0 aromatic rings. The third-order valence-electron chi connectivity index (χ3n) is 2.23. The van der Waals surface area contributed by atoms with Crippen LogP contribution in [0.2, 0.25) is 0 Å². The molecule has 0 aliphatic heterocycles. The zero-order valence-electron chi connectivity index (χ0n) is 10.6. The fraction of sp³-hybridized carbons (Fsp3) is 0.833. The van der Waals surface area contributed by atoms with Crippen LogP contribution in [0.5, 0.6) is 0 Å². The predicted octanol–water partition coefficient (Wildman–Crippen LogP) is 1.00. The van der Waals surface area contributed by atoms with Crippen LogP contribution in [-0.2, 0) is 9.59 Å². The van der Waals surface area contributed by atoms with E-state index in [9.17, 15) is 9.59 Å². The summed E-state index contributed by atoms with van der Waals surface area (Å²) in [5.74, 6) is 0.445. The summed E-state index contributed by atoms with van der Waals surface area (Å²) in [4.78, 5) is 22.3. The molecule has 0 saturated heterocycles. The third kappa shape index (κ3) is 6.56. The highest BCUT2D eigenvalue weighted by molar-refractivity contribution is 5.84. The quantitative estimate of drug-likeness (QED) is 0.681. The van der Waals surface area contributed by atoms with Gasteiger partial charge in [0, 0.05) is 0 Å². The van der Waals surface area contributed by atoms with E-state index >= 15 is 0 Å². The molecule has 3 N–H and O–H groups in total. The lowest BCUT2D eigenvalue weighted by Crippen LogP contribution is -2.46. The lowest BCUT2D eigenvalue weighted by molar-refractivity contribution is -0.123. The molecule has 0 saturated carbocycles. The Labute approximate surface area is 98.0 Å². The number of nitrogens with two attached hydrogens (primary N) is 1. The Hall–Kier alpha value is -0.900. The number of carbonyl (C=O) groups excluding carboxylic acids is 2. The molecule has 0 aromatic carbocycles. The normalized spacial score (nSPS) is 14.9. The first-order valence-corrected chi connectivity index (χ1v) is 5.80. The van der Waals surface area contributed by atoms with Crippen molar-refractivity contribution in [1.29, 1.82) is 0 Å². The molecule has 0 spiro atoms. The van der Waals surface area contributed by atoms with Gasteiger partial charge in [0.25, 0.3) is 0 Å². The second kappa shape index (κ2) is 7.39. The minimum absolute atomic E-state index is 0.261. The molecule has 0 fully saturated rings. The van der Waals surface area contributed by atoms with Gasteiger partial charge in [0.2, 0.25) is 12.2 Å². The van der Waals surface area contributed by atoms with Gasteiger partial charge >= 0.3 is 0 Å². The van der Waals surface area contributed by atoms with Crippen molar-refractivity contribution in [3.8, 4) is 0 Å². The van der Waals surface area contributed by atoms with Gasteiger partial charge in [0.1, 0.15) is 0 Å². The van der Waals surface area contributed by atoms with Gasteiger partial charge in [-0.1, -0.05) is 27.7 Å². The predicted molar refractivity (Wildman–Crippen MR) is 64.5 cm³/mol. The van der Waals surface area contributed by atoms with E-state index in [2.05, 4.69) is 5.32 Å². The van der Waals surface area contributed by atoms with E-state index in [1.54, 1.807) is 0 Å². The fourth-order valence-electron chi connectivity index (χ4n) is 1.50. The van der Waals surface area contributed by atoms with Gasteiger partial charge in [0.05, 0.1) is 12.1 Å². The summed E-state index contributed by atoms with van der Waals surface area (Å²) in [5, 5.41) is 2.62. The number of rotatable bonds is 7. The van der Waals surface area contributed by atoms with Gasteiger partial charge in [-0.15, -0.1) is 0 Å². The molecule has 4 heteroatoms. The third-order valence-corrected chi connectivity index (χ3v) is 2.23. The Bertz CT molecular complexity index is 227. The van der Waals surface area contributed by atoms with E-state index in [0.717, 1.165) is 0 Å². The molecule has 0 aliphatic carbocycles. The maximum absolute atomic E-state index is 11.6. The summed E-state index contributed by atoms with van der Waals surface area (Å²) >= 11 is 0. The molecular weight excluding hydrogens is 204 g/mol. The summed E-state index contributed by atoms with van der Waals surface area (Å²) in [7, 11) is 0. The lowest BCUT2D eigenvalue weighted by Gasteiger charge is -2.18. The number of hydrogen-bond donors (Lipinski definition) is 2. The average molecular weight is 227 g/mol. The van der Waals surface area contributed by atoms with Gasteiger partial charge in [-0.2, -0.15) is 0 Å². The molecule has 1 unspecified atom stereocenters. The molecule has 0 bridgehead atoms. The van der Waals surface area contributed by atoms with Crippen LogP contribution in [0, 0.1) is 11.8 Å². The second-order valence-corrected chi connectivity index (χ2v) is 5.04. The smallest absolute Gasteiger partial charge is 0.237 e. The molecule has 0 heterocycles. The van der Waals surface area contributed by atoms with E-state index < -0.39 is 12.1 Å². The van der Waals surface area contributed by atoms with Crippen molar-refractivity contribution in [3.63, 3.8) is 0 Å². The van der Waals surface area contributed by atoms with E-state index in [1.807, 2.05) is 34.0 Å². The maximum atomic E-state index is 11.6. The Morgan fingerprint density at radius 3 is 2.06 bits per heavy atom. The first-order chi connectivity index (χ1) is 7.36. The molecule has 1 radical (unpaired) electrons. The molecule has 1 amide bonds. The SMILES string of the molecule is CC(C)CC(N)C(=O)N[C@H]([C]=O)CC(C)C. The van der Waals surface area contributed by atoms with Crippen molar-refractivity contribution in [3.05, 3.63) is 0 Å². The van der Waals surface area contributed by atoms with Crippen LogP contribution in [-0.4, -0.2) is 24.3 Å². The summed E-state index contributed by atoms with van der Waals surface area (Å²) in [5.41, 5.74) is 5.71. The van der Waals surface area contributed by atoms with Gasteiger partial charge in [-0.25, -0.2) is 0 Å². The monoisotopic (exact) mass is 227 g/mol. The molecule has 4 nitrogen and oxygen atoms in total. The van der Waals surface area contributed by atoms with Gasteiger partial charge in [-0.05, 0) is 24.7 Å². The zero-order chi connectivity index (χ0) is 12.7. The number of nitrogens with one attached hydrogen (secondary N) is 1. The van der Waals surface area contributed by atoms with Crippen molar-refractivity contribution >= 4 is 12.2 Å². The fourth-order valence-corrected chi connectivity index (χ4v) is 1.50. The summed E-state index contributed by atoms with van der Waals surface area (Å²) in [6, 6.07) is -1.08. The largest absolute Gasteiger partial charge is 0.344 e. The van der Waals surface area contributed by atoms with E-state index in [1.165, 1.54) is 0 Å². The Morgan fingerprint density at radius 1 is 1.19 bits per heavy atom. The summed E-state index contributed by atoms with van der Waals surface area (Å²) in [6.45, 7) is 7.99. The van der Waals surface area contributed by atoms with Crippen molar-refractivity contribution in [2.45, 2.75) is 52.6 Å². The number of carbonyl (C=O) groups is 1. The first kappa shape index (κ1) is 15.1. The lowest BCUT2D eigenvalue weighted by atomic mass is 10.0. The Kier molecular flexibility index (Phi) is 6.97. The van der Waals surface area contributed by atoms with Crippen LogP contribution >= 0.6 is 0 Å².